The van der Waals surface area contributed by atoms with Gasteiger partial charge in [0.15, 0.2) is 0 Å². The summed E-state index contributed by atoms with van der Waals surface area (Å²) in [6.07, 6.45) is 3.05. The molecule has 6 nitrogen and oxygen atoms in total. The molecule has 1 saturated heterocycles. The van der Waals surface area contributed by atoms with E-state index in [4.69, 9.17) is 0 Å². The number of carbonyl (C=O) groups excluding carboxylic acids is 2. The van der Waals surface area contributed by atoms with Gasteiger partial charge in [0.2, 0.25) is 5.91 Å². The van der Waals surface area contributed by atoms with Gasteiger partial charge in [-0.3, -0.25) is 14.4 Å². The van der Waals surface area contributed by atoms with E-state index in [0.717, 1.165) is 12.8 Å². The van der Waals surface area contributed by atoms with E-state index in [-0.39, 0.29) is 23.3 Å². The highest BCUT2D eigenvalue weighted by Crippen LogP contribution is 2.21. The van der Waals surface area contributed by atoms with Crippen molar-refractivity contribution in [1.29, 1.82) is 0 Å². The molecule has 1 aliphatic rings. The summed E-state index contributed by atoms with van der Waals surface area (Å²) in [4.78, 5) is 41.3. The number of thiophene rings is 1. The minimum atomic E-state index is -0.241. The van der Waals surface area contributed by atoms with Crippen LogP contribution < -0.4 is 10.9 Å². The van der Waals surface area contributed by atoms with Crippen LogP contribution in [-0.2, 0) is 4.79 Å². The maximum atomic E-state index is 12.5. The number of aromatic nitrogens is 1. The fourth-order valence-electron chi connectivity index (χ4n) is 2.85. The standard InChI is InChI=1S/C17H19N3O3S/c1-11-8-13(9-18-15(11)21)19-16(22)12-4-2-6-20(10-12)17(23)14-5-3-7-24-14/h3,5,7-9,12H,2,4,6,10H2,1H3,(H,18,21)(H,19,22). The van der Waals surface area contributed by atoms with Gasteiger partial charge in [0.25, 0.3) is 11.5 Å². The molecule has 2 N–H and O–H groups in total. The van der Waals surface area contributed by atoms with Crippen molar-refractivity contribution in [3.8, 4) is 0 Å². The Kier molecular flexibility index (Phi) is 4.80. The first-order chi connectivity index (χ1) is 11.5. The van der Waals surface area contributed by atoms with E-state index >= 15 is 0 Å². The van der Waals surface area contributed by atoms with Crippen LogP contribution >= 0.6 is 11.3 Å². The molecule has 2 amide bonds. The Morgan fingerprint density at radius 2 is 2.25 bits per heavy atom. The Hall–Kier alpha value is -2.41. The monoisotopic (exact) mass is 345 g/mol. The quantitative estimate of drug-likeness (QED) is 0.895. The van der Waals surface area contributed by atoms with Crippen molar-refractivity contribution in [2.45, 2.75) is 19.8 Å². The summed E-state index contributed by atoms with van der Waals surface area (Å²) in [6.45, 7) is 2.79. The largest absolute Gasteiger partial charge is 0.337 e. The van der Waals surface area contributed by atoms with E-state index in [0.29, 0.717) is 29.2 Å². The van der Waals surface area contributed by atoms with E-state index < -0.39 is 0 Å². The first kappa shape index (κ1) is 16.4. The topological polar surface area (TPSA) is 82.3 Å². The molecule has 126 valence electrons. The Labute approximate surface area is 143 Å². The zero-order chi connectivity index (χ0) is 17.1. The van der Waals surface area contributed by atoms with Gasteiger partial charge in [-0.05, 0) is 37.3 Å². The number of carbonyl (C=O) groups is 2. The van der Waals surface area contributed by atoms with E-state index in [1.165, 1.54) is 17.5 Å². The molecular formula is C17H19N3O3S. The van der Waals surface area contributed by atoms with Crippen LogP contribution in [0.2, 0.25) is 0 Å². The number of amides is 2. The first-order valence-corrected chi connectivity index (χ1v) is 8.75. The average Bonchev–Trinajstić information content (AvgIpc) is 3.12. The van der Waals surface area contributed by atoms with Crippen molar-refractivity contribution in [2.24, 2.45) is 5.92 Å². The average molecular weight is 345 g/mol. The highest BCUT2D eigenvalue weighted by atomic mass is 32.1. The number of nitrogens with one attached hydrogen (secondary N) is 2. The molecule has 2 aromatic rings. The summed E-state index contributed by atoms with van der Waals surface area (Å²) in [6, 6.07) is 5.30. The lowest BCUT2D eigenvalue weighted by atomic mass is 9.97. The van der Waals surface area contributed by atoms with Crippen LogP contribution in [0.25, 0.3) is 0 Å². The molecule has 0 bridgehead atoms. The molecule has 24 heavy (non-hydrogen) atoms. The van der Waals surface area contributed by atoms with Crippen molar-refractivity contribution in [2.75, 3.05) is 18.4 Å². The Balaban J connectivity index is 1.65. The molecule has 3 heterocycles. The number of hydrogen-bond donors (Lipinski definition) is 2. The van der Waals surface area contributed by atoms with Gasteiger partial charge in [-0.2, -0.15) is 0 Å². The number of rotatable bonds is 3. The van der Waals surface area contributed by atoms with Crippen molar-refractivity contribution in [3.63, 3.8) is 0 Å². The third kappa shape index (κ3) is 3.56. The fraction of sp³-hybridized carbons (Fsp3) is 0.353. The molecule has 7 heteroatoms. The molecule has 3 rings (SSSR count). The minimum absolute atomic E-state index is 0.0117. The third-order valence-corrected chi connectivity index (χ3v) is 5.03. The summed E-state index contributed by atoms with van der Waals surface area (Å²) in [5.74, 6) is -0.373. The second-order valence-electron chi connectivity index (χ2n) is 5.96. The third-order valence-electron chi connectivity index (χ3n) is 4.17. The number of aromatic amines is 1. The lowest BCUT2D eigenvalue weighted by Crippen LogP contribution is -2.43. The predicted octanol–water partition coefficient (Wildman–Crippen LogP) is 2.24. The molecule has 1 fully saturated rings. The lowest BCUT2D eigenvalue weighted by molar-refractivity contribution is -0.121. The van der Waals surface area contributed by atoms with Crippen LogP contribution in [0.5, 0.6) is 0 Å². The SMILES string of the molecule is Cc1cc(NC(=O)C2CCCN(C(=O)c3cccs3)C2)c[nH]c1=O. The van der Waals surface area contributed by atoms with Gasteiger partial charge in [0.1, 0.15) is 0 Å². The number of H-pyrrole nitrogens is 1. The van der Waals surface area contributed by atoms with Crippen LogP contribution in [0.4, 0.5) is 5.69 Å². The molecule has 0 aliphatic carbocycles. The van der Waals surface area contributed by atoms with Crippen LogP contribution in [0.3, 0.4) is 0 Å². The summed E-state index contributed by atoms with van der Waals surface area (Å²) >= 11 is 1.41. The number of hydrogen-bond acceptors (Lipinski definition) is 4. The maximum absolute atomic E-state index is 12.5. The summed E-state index contributed by atoms with van der Waals surface area (Å²) in [5, 5.41) is 4.70. The van der Waals surface area contributed by atoms with E-state index in [2.05, 4.69) is 10.3 Å². The highest BCUT2D eigenvalue weighted by molar-refractivity contribution is 7.12. The van der Waals surface area contributed by atoms with Crippen LogP contribution in [0.1, 0.15) is 28.1 Å². The Bertz CT molecular complexity index is 798. The van der Waals surface area contributed by atoms with Crippen LogP contribution in [-0.4, -0.2) is 34.8 Å². The molecule has 1 aliphatic heterocycles. The molecule has 0 saturated carbocycles. The smallest absolute Gasteiger partial charge is 0.263 e. The van der Waals surface area contributed by atoms with Gasteiger partial charge >= 0.3 is 0 Å². The second kappa shape index (κ2) is 7.00. The molecule has 0 spiro atoms. The summed E-state index contributed by atoms with van der Waals surface area (Å²) in [5.41, 5.74) is 0.947. The van der Waals surface area contributed by atoms with Crippen molar-refractivity contribution < 1.29 is 9.59 Å². The number of piperidine rings is 1. The lowest BCUT2D eigenvalue weighted by Gasteiger charge is -2.31. The molecule has 1 unspecified atom stereocenters. The Morgan fingerprint density at radius 3 is 2.96 bits per heavy atom. The highest BCUT2D eigenvalue weighted by Gasteiger charge is 2.29. The predicted molar refractivity (Wildman–Crippen MR) is 93.4 cm³/mol. The number of pyridine rings is 1. The second-order valence-corrected chi connectivity index (χ2v) is 6.91. The molecule has 0 radical (unpaired) electrons. The zero-order valence-corrected chi connectivity index (χ0v) is 14.2. The molecule has 2 aromatic heterocycles. The number of likely N-dealkylation sites (tertiary alicyclic amines) is 1. The van der Waals surface area contributed by atoms with Gasteiger partial charge < -0.3 is 15.2 Å². The number of anilines is 1. The van der Waals surface area contributed by atoms with Crippen molar-refractivity contribution in [1.82, 2.24) is 9.88 Å². The van der Waals surface area contributed by atoms with Crippen molar-refractivity contribution in [3.05, 3.63) is 50.6 Å². The minimum Gasteiger partial charge on any atom is -0.337 e. The zero-order valence-electron chi connectivity index (χ0n) is 13.4. The molecule has 1 atom stereocenters. The Morgan fingerprint density at radius 1 is 1.42 bits per heavy atom. The molecule has 0 aromatic carbocycles. The van der Waals surface area contributed by atoms with Gasteiger partial charge in [-0.25, -0.2) is 0 Å². The summed E-state index contributed by atoms with van der Waals surface area (Å²) in [7, 11) is 0. The van der Waals surface area contributed by atoms with E-state index in [1.807, 2.05) is 11.4 Å². The van der Waals surface area contributed by atoms with Crippen molar-refractivity contribution >= 4 is 28.8 Å². The first-order valence-electron chi connectivity index (χ1n) is 7.87. The van der Waals surface area contributed by atoms with Crippen LogP contribution in [0.15, 0.2) is 34.6 Å². The summed E-state index contributed by atoms with van der Waals surface area (Å²) < 4.78 is 0. The molecular weight excluding hydrogens is 326 g/mol. The van der Waals surface area contributed by atoms with Crippen LogP contribution in [0, 0.1) is 12.8 Å². The number of nitrogens with zero attached hydrogens (tertiary/aromatic N) is 1. The van der Waals surface area contributed by atoms with Gasteiger partial charge in [0, 0.05) is 24.8 Å². The fourth-order valence-corrected chi connectivity index (χ4v) is 3.54. The van der Waals surface area contributed by atoms with Gasteiger partial charge in [-0.1, -0.05) is 6.07 Å². The van der Waals surface area contributed by atoms with Gasteiger partial charge in [0.05, 0.1) is 16.5 Å². The normalized spacial score (nSPS) is 17.5. The number of aryl methyl sites for hydroxylation is 1. The van der Waals surface area contributed by atoms with E-state index in [1.54, 1.807) is 24.0 Å². The van der Waals surface area contributed by atoms with E-state index in [9.17, 15) is 14.4 Å². The maximum Gasteiger partial charge on any atom is 0.263 e. The van der Waals surface area contributed by atoms with Gasteiger partial charge in [-0.15, -0.1) is 11.3 Å².